The molecule has 0 saturated carbocycles. The quantitative estimate of drug-likeness (QED) is 0.118. The van der Waals surface area contributed by atoms with Crippen LogP contribution < -0.4 is 9.64 Å². The van der Waals surface area contributed by atoms with Gasteiger partial charge in [-0.3, -0.25) is 14.4 Å². The van der Waals surface area contributed by atoms with Gasteiger partial charge in [-0.25, -0.2) is 9.69 Å². The van der Waals surface area contributed by atoms with E-state index in [0.717, 1.165) is 4.90 Å². The summed E-state index contributed by atoms with van der Waals surface area (Å²) < 4.78 is 10.4. The molecule has 4 aromatic carbocycles. The second-order valence-corrected chi connectivity index (χ2v) is 12.0. The third kappa shape index (κ3) is 3.74. The van der Waals surface area contributed by atoms with E-state index in [4.69, 9.17) is 32.7 Å². The number of benzene rings is 4. The Bertz CT molecular complexity index is 1750. The van der Waals surface area contributed by atoms with Gasteiger partial charge in [-0.05, 0) is 52.6 Å². The van der Waals surface area contributed by atoms with Crippen LogP contribution in [0.15, 0.2) is 97.1 Å². The van der Waals surface area contributed by atoms with Crippen LogP contribution >= 0.6 is 23.2 Å². The first-order valence-electron chi connectivity index (χ1n) is 13.6. The Morgan fingerprint density at radius 2 is 1.23 bits per heavy atom. The van der Waals surface area contributed by atoms with Gasteiger partial charge in [-0.15, -0.1) is 23.2 Å². The van der Waals surface area contributed by atoms with Crippen molar-refractivity contribution in [3.05, 3.63) is 130 Å². The van der Waals surface area contributed by atoms with E-state index in [-0.39, 0.29) is 11.3 Å². The number of alkyl halides is 2. The number of carbonyl (C=O) groups is 4. The number of rotatable bonds is 6. The smallest absolute Gasteiger partial charge is 0.338 e. The molecular weight excluding hydrogens is 589 g/mol. The Labute approximate surface area is 256 Å². The second-order valence-electron chi connectivity index (χ2n) is 10.8. The molecule has 0 radical (unpaired) electrons. The molecule has 4 aromatic rings. The molecule has 1 heterocycles. The molecular formula is C34H23Cl2NO6. The van der Waals surface area contributed by atoms with Gasteiger partial charge in [-0.1, -0.05) is 66.7 Å². The first-order valence-corrected chi connectivity index (χ1v) is 14.4. The summed E-state index contributed by atoms with van der Waals surface area (Å²) in [6, 6.07) is 27.3. The topological polar surface area (TPSA) is 90.0 Å². The highest BCUT2D eigenvalue weighted by molar-refractivity contribution is 6.38. The van der Waals surface area contributed by atoms with E-state index < -0.39 is 51.8 Å². The van der Waals surface area contributed by atoms with Gasteiger partial charge in [0, 0.05) is 5.56 Å². The summed E-state index contributed by atoms with van der Waals surface area (Å²) in [6.45, 7) is -0.498. The third-order valence-electron chi connectivity index (χ3n) is 8.65. The van der Waals surface area contributed by atoms with Crippen molar-refractivity contribution >= 4 is 52.5 Å². The van der Waals surface area contributed by atoms with Crippen molar-refractivity contribution in [3.8, 4) is 5.75 Å². The summed E-state index contributed by atoms with van der Waals surface area (Å²) in [5.74, 6) is -3.64. The number of hydrogen-bond donors (Lipinski definition) is 0. The Morgan fingerprint density at radius 3 is 1.77 bits per heavy atom. The van der Waals surface area contributed by atoms with E-state index in [0.29, 0.717) is 33.6 Å². The van der Waals surface area contributed by atoms with Crippen molar-refractivity contribution in [1.29, 1.82) is 0 Å². The van der Waals surface area contributed by atoms with Crippen molar-refractivity contribution in [1.82, 2.24) is 0 Å². The Morgan fingerprint density at radius 1 is 0.721 bits per heavy atom. The number of esters is 1. The molecule has 2 amide bonds. The van der Waals surface area contributed by atoms with Crippen LogP contribution in [0.2, 0.25) is 0 Å². The minimum Gasteiger partial charge on any atom is -0.497 e. The normalized spacial score (nSPS) is 24.7. The van der Waals surface area contributed by atoms with Crippen LogP contribution in [-0.2, 0) is 24.1 Å². The Kier molecular flexibility index (Phi) is 6.24. The molecule has 3 aliphatic carbocycles. The van der Waals surface area contributed by atoms with Gasteiger partial charge in [0.15, 0.2) is 12.4 Å². The number of halogens is 2. The summed E-state index contributed by atoms with van der Waals surface area (Å²) in [5.41, 5.74) is 3.40. The first-order chi connectivity index (χ1) is 20.7. The van der Waals surface area contributed by atoms with Crippen LogP contribution in [0.3, 0.4) is 0 Å². The number of carbonyl (C=O) groups excluding carboxylic acids is 4. The lowest BCUT2D eigenvalue weighted by molar-refractivity contribution is -0.122. The van der Waals surface area contributed by atoms with Crippen LogP contribution in [-0.4, -0.2) is 37.3 Å². The minimum absolute atomic E-state index is 0.0714. The van der Waals surface area contributed by atoms with Crippen LogP contribution in [0.5, 0.6) is 5.75 Å². The molecule has 1 fully saturated rings. The fraction of sp³-hybridized carbons (Fsp3) is 0.176. The highest BCUT2D eigenvalue weighted by Gasteiger charge is 2.73. The highest BCUT2D eigenvalue weighted by Crippen LogP contribution is 2.69. The number of Topliss-reactive ketones (excluding diaryl/α,β-unsaturated/α-hetero) is 1. The van der Waals surface area contributed by atoms with Crippen LogP contribution in [0.4, 0.5) is 5.69 Å². The standard InChI is InChI=1S/C34H23Cl2NO6/c1-42-22-11-7-8-19(17-22)27(38)18-43-32(41)20-9-6-10-21(16-20)37-30(39)28-29(31(37)40)34(36)24-13-3-2-12-23(24)33(28,35)25-14-4-5-15-26(25)34/h2-17,28-29H,18H2,1H3/t28-,29-,33?,34?/m0/s1. The van der Waals surface area contributed by atoms with Gasteiger partial charge < -0.3 is 9.47 Å². The summed E-state index contributed by atoms with van der Waals surface area (Å²) >= 11 is 15.0. The Hall–Kier alpha value is -4.46. The van der Waals surface area contributed by atoms with Gasteiger partial charge in [0.2, 0.25) is 11.8 Å². The lowest BCUT2D eigenvalue weighted by atomic mass is 9.54. The van der Waals surface area contributed by atoms with Crippen LogP contribution in [0.25, 0.3) is 0 Å². The zero-order valence-electron chi connectivity index (χ0n) is 22.8. The summed E-state index contributed by atoms with van der Waals surface area (Å²) in [4.78, 5) is 52.4. The van der Waals surface area contributed by atoms with Gasteiger partial charge in [-0.2, -0.15) is 0 Å². The zero-order chi connectivity index (χ0) is 30.1. The number of ether oxygens (including phenoxy) is 2. The molecule has 43 heavy (non-hydrogen) atoms. The maximum Gasteiger partial charge on any atom is 0.338 e. The van der Waals surface area contributed by atoms with E-state index in [2.05, 4.69) is 0 Å². The van der Waals surface area contributed by atoms with Crippen LogP contribution in [0.1, 0.15) is 43.0 Å². The van der Waals surface area contributed by atoms with Gasteiger partial charge >= 0.3 is 5.97 Å². The zero-order valence-corrected chi connectivity index (χ0v) is 24.3. The summed E-state index contributed by atoms with van der Waals surface area (Å²) in [5, 5.41) is 0. The number of hydrogen-bond acceptors (Lipinski definition) is 6. The van der Waals surface area contributed by atoms with Crippen molar-refractivity contribution in [2.24, 2.45) is 11.8 Å². The number of ketones is 1. The maximum absolute atomic E-state index is 14.2. The van der Waals surface area contributed by atoms with E-state index in [9.17, 15) is 19.2 Å². The second kappa shape index (κ2) is 9.79. The van der Waals surface area contributed by atoms with E-state index in [1.54, 1.807) is 36.4 Å². The van der Waals surface area contributed by atoms with E-state index in [1.165, 1.54) is 19.2 Å². The Balaban J connectivity index is 1.21. The monoisotopic (exact) mass is 611 g/mol. The predicted octanol–water partition coefficient (Wildman–Crippen LogP) is 5.83. The molecule has 0 spiro atoms. The third-order valence-corrected chi connectivity index (χ3v) is 9.94. The largest absolute Gasteiger partial charge is 0.497 e. The molecule has 2 bridgehead atoms. The molecule has 2 atom stereocenters. The fourth-order valence-corrected chi connectivity index (χ4v) is 7.89. The average Bonchev–Trinajstić information content (AvgIpc) is 3.33. The SMILES string of the molecule is COc1cccc(C(=O)COC(=O)c2cccc(N3C(=O)[C@@H]4[C@@H](C3=O)C3(Cl)c5ccccc5C4(Cl)c4ccccc43)c2)c1. The number of anilines is 1. The number of amides is 2. The molecule has 7 nitrogen and oxygen atoms in total. The minimum atomic E-state index is -1.31. The van der Waals surface area contributed by atoms with E-state index >= 15 is 0 Å². The number of imide groups is 1. The number of methoxy groups -OCH3 is 1. The molecule has 1 aliphatic heterocycles. The maximum atomic E-state index is 14.2. The molecule has 4 aliphatic rings. The molecule has 8 rings (SSSR count). The van der Waals surface area contributed by atoms with Gasteiger partial charge in [0.05, 0.1) is 30.2 Å². The molecule has 214 valence electrons. The lowest BCUT2D eigenvalue weighted by Crippen LogP contribution is -2.57. The predicted molar refractivity (Wildman–Crippen MR) is 160 cm³/mol. The van der Waals surface area contributed by atoms with Crippen LogP contribution in [0, 0.1) is 11.8 Å². The van der Waals surface area contributed by atoms with Gasteiger partial charge in [0.1, 0.15) is 15.5 Å². The summed E-state index contributed by atoms with van der Waals surface area (Å²) in [7, 11) is 1.49. The van der Waals surface area contributed by atoms with Crippen molar-refractivity contribution in [3.63, 3.8) is 0 Å². The van der Waals surface area contributed by atoms with E-state index in [1.807, 2.05) is 48.5 Å². The molecule has 0 unspecified atom stereocenters. The fourth-order valence-electron chi connectivity index (χ4n) is 6.79. The average molecular weight is 612 g/mol. The number of nitrogens with zero attached hydrogens (tertiary/aromatic N) is 1. The van der Waals surface area contributed by atoms with Crippen molar-refractivity contribution in [2.45, 2.75) is 9.75 Å². The molecule has 1 saturated heterocycles. The molecule has 0 N–H and O–H groups in total. The highest BCUT2D eigenvalue weighted by atomic mass is 35.5. The molecule has 9 heteroatoms. The van der Waals surface area contributed by atoms with Gasteiger partial charge in [0.25, 0.3) is 0 Å². The first kappa shape index (κ1) is 27.4. The summed E-state index contributed by atoms with van der Waals surface area (Å²) in [6.07, 6.45) is 0. The molecule has 0 aromatic heterocycles. The lowest BCUT2D eigenvalue weighted by Gasteiger charge is -2.54. The van der Waals surface area contributed by atoms with Crippen molar-refractivity contribution < 1.29 is 28.7 Å². The van der Waals surface area contributed by atoms with Crippen molar-refractivity contribution in [2.75, 3.05) is 18.6 Å².